The average molecular weight is 346 g/mol. The quantitative estimate of drug-likeness (QED) is 0.422. The first kappa shape index (κ1) is 16.8. The molecule has 1 aromatic carbocycles. The number of para-hydroxylation sites is 1. The van der Waals surface area contributed by atoms with Crippen molar-refractivity contribution in [1.82, 2.24) is 15.1 Å². The molecule has 0 amide bonds. The van der Waals surface area contributed by atoms with Crippen molar-refractivity contribution in [3.05, 3.63) is 33.9 Å². The maximum absolute atomic E-state index is 11.6. The molecule has 11 heteroatoms. The van der Waals surface area contributed by atoms with Crippen molar-refractivity contribution in [3.63, 3.8) is 0 Å². The summed E-state index contributed by atoms with van der Waals surface area (Å²) in [5.74, 6) is 0.224. The Labute approximate surface area is 142 Å². The maximum Gasteiger partial charge on any atom is 0.301 e. The van der Waals surface area contributed by atoms with Crippen LogP contribution < -0.4 is 11.5 Å². The number of H-pyrrole nitrogens is 1. The predicted octanol–water partition coefficient (Wildman–Crippen LogP) is 1.73. The molecule has 1 fully saturated rings. The van der Waals surface area contributed by atoms with Gasteiger partial charge in [-0.2, -0.15) is 5.10 Å². The van der Waals surface area contributed by atoms with Crippen molar-refractivity contribution in [1.29, 1.82) is 0 Å². The third kappa shape index (κ3) is 3.72. The number of azo groups is 1. The molecular formula is C14H18N8O3. The number of nitro benzene ring substituents is 1. The van der Waals surface area contributed by atoms with Gasteiger partial charge in [-0.3, -0.25) is 20.1 Å². The van der Waals surface area contributed by atoms with E-state index in [1.807, 2.05) is 0 Å². The molecule has 5 N–H and O–H groups in total. The van der Waals surface area contributed by atoms with Crippen LogP contribution in [0.5, 0.6) is 0 Å². The molecular weight excluding hydrogens is 328 g/mol. The van der Waals surface area contributed by atoms with Crippen LogP contribution in [0.3, 0.4) is 0 Å². The first-order valence-electron chi connectivity index (χ1n) is 7.63. The average Bonchev–Trinajstić information content (AvgIpc) is 2.92. The molecule has 0 unspecified atom stereocenters. The standard InChI is InChI=1S/C14H18N8O3/c15-13-11(14(16)20-19-13)18-17-10-3-1-2-9(12(10)22(23)24)8-21-4-6-25-7-5-21/h1-3H,4-8H2,(H5,15,16,19,20). The monoisotopic (exact) mass is 346 g/mol. The van der Waals surface area contributed by atoms with Crippen molar-refractivity contribution < 1.29 is 9.66 Å². The largest absolute Gasteiger partial charge is 0.382 e. The number of rotatable bonds is 5. The van der Waals surface area contributed by atoms with Gasteiger partial charge in [-0.05, 0) is 6.07 Å². The van der Waals surface area contributed by atoms with Crippen molar-refractivity contribution >= 4 is 28.7 Å². The lowest BCUT2D eigenvalue weighted by atomic mass is 10.1. The van der Waals surface area contributed by atoms with Crippen molar-refractivity contribution in [2.45, 2.75) is 6.54 Å². The number of nitrogens with zero attached hydrogens (tertiary/aromatic N) is 5. The van der Waals surface area contributed by atoms with Gasteiger partial charge in [0.05, 0.1) is 18.1 Å². The first-order valence-corrected chi connectivity index (χ1v) is 7.63. The number of nitro groups is 1. The van der Waals surface area contributed by atoms with Gasteiger partial charge in [-0.25, -0.2) is 0 Å². The Morgan fingerprint density at radius 3 is 2.72 bits per heavy atom. The number of aromatic nitrogens is 2. The Morgan fingerprint density at radius 2 is 2.08 bits per heavy atom. The topological polar surface area (TPSA) is 161 Å². The molecule has 0 radical (unpaired) electrons. The molecule has 132 valence electrons. The van der Waals surface area contributed by atoms with Gasteiger partial charge in [0.2, 0.25) is 0 Å². The first-order chi connectivity index (χ1) is 12.1. The zero-order valence-corrected chi connectivity index (χ0v) is 13.4. The van der Waals surface area contributed by atoms with Crippen LogP contribution >= 0.6 is 0 Å². The van der Waals surface area contributed by atoms with E-state index in [2.05, 4.69) is 25.3 Å². The van der Waals surface area contributed by atoms with Gasteiger partial charge in [0.1, 0.15) is 5.82 Å². The number of hydrogen-bond acceptors (Lipinski definition) is 9. The van der Waals surface area contributed by atoms with E-state index in [4.69, 9.17) is 16.2 Å². The second-order valence-corrected chi connectivity index (χ2v) is 5.50. The zero-order valence-electron chi connectivity index (χ0n) is 13.4. The van der Waals surface area contributed by atoms with E-state index in [-0.39, 0.29) is 28.7 Å². The zero-order chi connectivity index (χ0) is 17.8. The summed E-state index contributed by atoms with van der Waals surface area (Å²) in [6, 6.07) is 4.95. The molecule has 0 atom stereocenters. The van der Waals surface area contributed by atoms with Crippen LogP contribution in [0.15, 0.2) is 28.4 Å². The smallest absolute Gasteiger partial charge is 0.301 e. The van der Waals surface area contributed by atoms with Crippen LogP contribution in [0, 0.1) is 10.1 Å². The summed E-state index contributed by atoms with van der Waals surface area (Å²) in [7, 11) is 0. The van der Waals surface area contributed by atoms with E-state index in [1.54, 1.807) is 12.1 Å². The molecule has 1 saturated heterocycles. The number of hydrogen-bond donors (Lipinski definition) is 3. The van der Waals surface area contributed by atoms with E-state index in [1.165, 1.54) is 6.07 Å². The number of morpholine rings is 1. The molecule has 2 heterocycles. The van der Waals surface area contributed by atoms with Gasteiger partial charge in [-0.15, -0.1) is 10.2 Å². The third-order valence-electron chi connectivity index (χ3n) is 3.83. The SMILES string of the molecule is Nc1n[nH]c(N)c1N=Nc1cccc(CN2CCOCC2)c1[N+](=O)[O-]. The van der Waals surface area contributed by atoms with E-state index >= 15 is 0 Å². The highest BCUT2D eigenvalue weighted by atomic mass is 16.6. The third-order valence-corrected chi connectivity index (χ3v) is 3.83. The Bertz CT molecular complexity index is 778. The lowest BCUT2D eigenvalue weighted by molar-refractivity contribution is -0.385. The second-order valence-electron chi connectivity index (χ2n) is 5.50. The van der Waals surface area contributed by atoms with Crippen LogP contribution in [-0.2, 0) is 11.3 Å². The number of nitrogen functional groups attached to an aromatic ring is 2. The minimum atomic E-state index is -0.452. The van der Waals surface area contributed by atoms with E-state index in [0.717, 1.165) is 13.1 Å². The highest BCUT2D eigenvalue weighted by Crippen LogP contribution is 2.35. The summed E-state index contributed by atoms with van der Waals surface area (Å²) < 4.78 is 5.30. The van der Waals surface area contributed by atoms with Crippen LogP contribution in [0.1, 0.15) is 5.56 Å². The maximum atomic E-state index is 11.6. The summed E-state index contributed by atoms with van der Waals surface area (Å²) in [4.78, 5) is 13.2. The van der Waals surface area contributed by atoms with Crippen molar-refractivity contribution in [3.8, 4) is 0 Å². The molecule has 0 aliphatic carbocycles. The number of nitrogens with two attached hydrogens (primary N) is 2. The van der Waals surface area contributed by atoms with E-state index in [0.29, 0.717) is 25.3 Å². The van der Waals surface area contributed by atoms with Gasteiger partial charge in [0.15, 0.2) is 17.2 Å². The molecule has 1 aliphatic heterocycles. The number of anilines is 2. The van der Waals surface area contributed by atoms with Crippen LogP contribution in [0.2, 0.25) is 0 Å². The molecule has 25 heavy (non-hydrogen) atoms. The molecule has 0 bridgehead atoms. The highest BCUT2D eigenvalue weighted by molar-refractivity contribution is 5.70. The summed E-state index contributed by atoms with van der Waals surface area (Å²) in [5.41, 5.74) is 12.1. The minimum Gasteiger partial charge on any atom is -0.382 e. The van der Waals surface area contributed by atoms with Gasteiger partial charge in [0.25, 0.3) is 0 Å². The van der Waals surface area contributed by atoms with Gasteiger partial charge < -0.3 is 16.2 Å². The number of aromatic amines is 1. The fraction of sp³-hybridized carbons (Fsp3) is 0.357. The van der Waals surface area contributed by atoms with Crippen molar-refractivity contribution in [2.75, 3.05) is 37.8 Å². The van der Waals surface area contributed by atoms with E-state index < -0.39 is 4.92 Å². The highest BCUT2D eigenvalue weighted by Gasteiger charge is 2.22. The summed E-state index contributed by atoms with van der Waals surface area (Å²) in [5, 5.41) is 25.6. The van der Waals surface area contributed by atoms with E-state index in [9.17, 15) is 10.1 Å². The number of ether oxygens (including phenoxy) is 1. The summed E-state index contributed by atoms with van der Waals surface area (Å²) in [6.07, 6.45) is 0. The Morgan fingerprint density at radius 1 is 1.32 bits per heavy atom. The lowest BCUT2D eigenvalue weighted by Crippen LogP contribution is -2.35. The predicted molar refractivity (Wildman–Crippen MR) is 90.8 cm³/mol. The Hall–Kier alpha value is -3.05. The number of benzene rings is 1. The fourth-order valence-electron chi connectivity index (χ4n) is 2.57. The normalized spacial score (nSPS) is 15.7. The van der Waals surface area contributed by atoms with Crippen molar-refractivity contribution in [2.24, 2.45) is 10.2 Å². The fourth-order valence-corrected chi connectivity index (χ4v) is 2.57. The van der Waals surface area contributed by atoms with Crippen LogP contribution in [-0.4, -0.2) is 46.3 Å². The second kappa shape index (κ2) is 7.23. The molecule has 11 nitrogen and oxygen atoms in total. The van der Waals surface area contributed by atoms with Crippen LogP contribution in [0.25, 0.3) is 0 Å². The molecule has 0 saturated carbocycles. The lowest BCUT2D eigenvalue weighted by Gasteiger charge is -2.26. The minimum absolute atomic E-state index is 0.0772. The summed E-state index contributed by atoms with van der Waals surface area (Å²) >= 11 is 0. The Kier molecular flexibility index (Phi) is 4.86. The molecule has 1 aromatic heterocycles. The molecule has 1 aliphatic rings. The number of nitrogens with one attached hydrogen (secondary N) is 1. The molecule has 3 rings (SSSR count). The molecule has 2 aromatic rings. The van der Waals surface area contributed by atoms with Gasteiger partial charge in [-0.1, -0.05) is 12.1 Å². The van der Waals surface area contributed by atoms with Gasteiger partial charge >= 0.3 is 5.69 Å². The van der Waals surface area contributed by atoms with Crippen LogP contribution in [0.4, 0.5) is 28.7 Å². The summed E-state index contributed by atoms with van der Waals surface area (Å²) in [6.45, 7) is 3.13. The van der Waals surface area contributed by atoms with Gasteiger partial charge in [0, 0.05) is 25.2 Å². The molecule has 0 spiro atoms. The Balaban J connectivity index is 1.91.